The molecule has 0 saturated carbocycles. The second-order valence-electron chi connectivity index (χ2n) is 16.4. The molecule has 0 radical (unpaired) electrons. The first-order valence-corrected chi connectivity index (χ1v) is 21.7. The van der Waals surface area contributed by atoms with Crippen LogP contribution in [-0.4, -0.2) is 24.1 Å². The van der Waals surface area contributed by atoms with Gasteiger partial charge in [-0.05, 0) is 81.9 Å². The SMILES string of the molecule is c1ccc(-c2ccc(-c3nc(-c4ccccc4)nc(-c4ccc(-n5c6ccccc6c6cc7cc(-n8c9ccccc9c9ccccc98)ccc7cc65)c5ccccc45)n3)cc2)cc1. The summed E-state index contributed by atoms with van der Waals surface area (Å²) in [4.78, 5) is 15.4. The van der Waals surface area contributed by atoms with E-state index in [-0.39, 0.29) is 0 Å². The van der Waals surface area contributed by atoms with Crippen LogP contribution in [0.25, 0.3) is 122 Å². The second kappa shape index (κ2) is 14.5. The van der Waals surface area contributed by atoms with Gasteiger partial charge in [-0.15, -0.1) is 0 Å². The first-order chi connectivity index (χ1) is 31.7. The van der Waals surface area contributed by atoms with Crippen molar-refractivity contribution in [2.24, 2.45) is 0 Å². The van der Waals surface area contributed by atoms with Crippen molar-refractivity contribution in [1.82, 2.24) is 24.1 Å². The van der Waals surface area contributed by atoms with Gasteiger partial charge >= 0.3 is 0 Å². The number of benzene rings is 10. The van der Waals surface area contributed by atoms with Crippen LogP contribution in [0.4, 0.5) is 0 Å². The highest BCUT2D eigenvalue weighted by Gasteiger charge is 2.20. The molecule has 64 heavy (non-hydrogen) atoms. The van der Waals surface area contributed by atoms with Crippen molar-refractivity contribution in [3.63, 3.8) is 0 Å². The van der Waals surface area contributed by atoms with Crippen molar-refractivity contribution in [2.75, 3.05) is 0 Å². The molecular weight excluding hydrogens is 779 g/mol. The van der Waals surface area contributed by atoms with E-state index in [4.69, 9.17) is 15.0 Å². The lowest BCUT2D eigenvalue weighted by molar-refractivity contribution is 1.08. The molecule has 0 aliphatic heterocycles. The standard InChI is InChI=1S/C59H37N5/c1-3-15-38(16-4-1)39-27-29-41(30-28-39)58-60-57(40-17-5-2-6-18-40)61-59(62-58)50-33-34-55(46-20-8-7-19-45(46)50)64-54-26-14-11-23-49(54)51-36-43-35-44(32-31-42(43)37-56(51)64)63-52-24-12-9-21-47(52)48-22-10-13-25-53(48)63/h1-37H. The lowest BCUT2D eigenvalue weighted by Gasteiger charge is -2.15. The van der Waals surface area contributed by atoms with Gasteiger partial charge in [-0.2, -0.15) is 0 Å². The molecule has 5 nitrogen and oxygen atoms in total. The highest BCUT2D eigenvalue weighted by atomic mass is 15.0. The summed E-state index contributed by atoms with van der Waals surface area (Å²) in [5.41, 5.74) is 12.1. The Morgan fingerprint density at radius 3 is 1.41 bits per heavy atom. The van der Waals surface area contributed by atoms with Gasteiger partial charge in [0.05, 0.1) is 27.8 Å². The van der Waals surface area contributed by atoms with E-state index >= 15 is 0 Å². The van der Waals surface area contributed by atoms with Crippen molar-refractivity contribution in [2.45, 2.75) is 0 Å². The number of para-hydroxylation sites is 3. The van der Waals surface area contributed by atoms with Crippen molar-refractivity contribution >= 4 is 65.2 Å². The Morgan fingerprint density at radius 2 is 0.750 bits per heavy atom. The topological polar surface area (TPSA) is 48.5 Å². The van der Waals surface area contributed by atoms with E-state index in [0.717, 1.165) is 55.4 Å². The summed E-state index contributed by atoms with van der Waals surface area (Å²) in [7, 11) is 0. The van der Waals surface area contributed by atoms with E-state index in [0.29, 0.717) is 17.5 Å². The third-order valence-electron chi connectivity index (χ3n) is 12.8. The van der Waals surface area contributed by atoms with Gasteiger partial charge in [-0.25, -0.2) is 15.0 Å². The second-order valence-corrected chi connectivity index (χ2v) is 16.4. The molecular formula is C59H37N5. The Kier molecular flexibility index (Phi) is 8.15. The maximum absolute atomic E-state index is 5.21. The zero-order chi connectivity index (χ0) is 42.1. The molecule has 0 aliphatic rings. The Balaban J connectivity index is 0.976. The predicted octanol–water partition coefficient (Wildman–Crippen LogP) is 15.0. The van der Waals surface area contributed by atoms with E-state index in [1.165, 1.54) is 48.9 Å². The van der Waals surface area contributed by atoms with Gasteiger partial charge in [0.25, 0.3) is 0 Å². The van der Waals surface area contributed by atoms with Crippen LogP contribution < -0.4 is 0 Å². The fraction of sp³-hybridized carbons (Fsp3) is 0. The molecule has 13 rings (SSSR count). The summed E-state index contributed by atoms with van der Waals surface area (Å²) in [6, 6.07) is 79.9. The van der Waals surface area contributed by atoms with Gasteiger partial charge in [-0.3, -0.25) is 0 Å². The zero-order valence-electron chi connectivity index (χ0n) is 34.6. The van der Waals surface area contributed by atoms with Gasteiger partial charge in [0.15, 0.2) is 17.5 Å². The van der Waals surface area contributed by atoms with Crippen molar-refractivity contribution in [1.29, 1.82) is 0 Å². The van der Waals surface area contributed by atoms with Crippen molar-refractivity contribution in [3.8, 4) is 56.7 Å². The molecule has 3 aromatic heterocycles. The quantitative estimate of drug-likeness (QED) is 0.168. The Hall–Kier alpha value is -8.67. The van der Waals surface area contributed by atoms with E-state index < -0.39 is 0 Å². The van der Waals surface area contributed by atoms with Crippen molar-refractivity contribution in [3.05, 3.63) is 224 Å². The molecule has 0 spiro atoms. The minimum absolute atomic E-state index is 0.631. The fourth-order valence-electron chi connectivity index (χ4n) is 9.76. The highest BCUT2D eigenvalue weighted by molar-refractivity contribution is 6.15. The average molecular weight is 816 g/mol. The number of hydrogen-bond acceptors (Lipinski definition) is 3. The number of aromatic nitrogens is 5. The molecule has 298 valence electrons. The van der Waals surface area contributed by atoms with Crippen molar-refractivity contribution < 1.29 is 0 Å². The largest absolute Gasteiger partial charge is 0.309 e. The Labute approximate surface area is 368 Å². The first-order valence-electron chi connectivity index (χ1n) is 21.7. The molecule has 3 heterocycles. The summed E-state index contributed by atoms with van der Waals surface area (Å²) in [6.45, 7) is 0. The lowest BCUT2D eigenvalue weighted by atomic mass is 10.0. The molecule has 10 aromatic carbocycles. The normalized spacial score (nSPS) is 11.8. The molecule has 0 unspecified atom stereocenters. The van der Waals surface area contributed by atoms with Gasteiger partial charge < -0.3 is 9.13 Å². The Bertz CT molecular complexity index is 3890. The van der Waals surface area contributed by atoms with Crippen LogP contribution in [0.5, 0.6) is 0 Å². The fourth-order valence-corrected chi connectivity index (χ4v) is 9.76. The molecule has 0 atom stereocenters. The summed E-state index contributed by atoms with van der Waals surface area (Å²) in [5.74, 6) is 1.90. The number of hydrogen-bond donors (Lipinski definition) is 0. The zero-order valence-corrected chi connectivity index (χ0v) is 34.6. The van der Waals surface area contributed by atoms with Crippen LogP contribution >= 0.6 is 0 Å². The Morgan fingerprint density at radius 1 is 0.266 bits per heavy atom. The maximum Gasteiger partial charge on any atom is 0.164 e. The molecule has 13 aromatic rings. The summed E-state index contributed by atoms with van der Waals surface area (Å²) in [5, 5.41) is 9.51. The summed E-state index contributed by atoms with van der Waals surface area (Å²) < 4.78 is 4.82. The van der Waals surface area contributed by atoms with Gasteiger partial charge in [0.2, 0.25) is 0 Å². The monoisotopic (exact) mass is 815 g/mol. The van der Waals surface area contributed by atoms with Gasteiger partial charge in [0.1, 0.15) is 0 Å². The molecule has 0 aliphatic carbocycles. The third kappa shape index (κ3) is 5.75. The van der Waals surface area contributed by atoms with Crippen LogP contribution in [0, 0.1) is 0 Å². The molecule has 0 bridgehead atoms. The van der Waals surface area contributed by atoms with Gasteiger partial charge in [0, 0.05) is 49.3 Å². The van der Waals surface area contributed by atoms with Crippen LogP contribution in [-0.2, 0) is 0 Å². The smallest absolute Gasteiger partial charge is 0.164 e. The van der Waals surface area contributed by atoms with Crippen LogP contribution in [0.3, 0.4) is 0 Å². The molecule has 5 heteroatoms. The number of rotatable bonds is 6. The number of fused-ring (bicyclic) bond motifs is 8. The minimum Gasteiger partial charge on any atom is -0.309 e. The summed E-state index contributed by atoms with van der Waals surface area (Å²) in [6.07, 6.45) is 0. The average Bonchev–Trinajstić information content (AvgIpc) is 3.88. The van der Waals surface area contributed by atoms with Crippen LogP contribution in [0.1, 0.15) is 0 Å². The highest BCUT2D eigenvalue weighted by Crippen LogP contribution is 2.40. The summed E-state index contributed by atoms with van der Waals surface area (Å²) >= 11 is 0. The molecule has 0 amide bonds. The van der Waals surface area contributed by atoms with Gasteiger partial charge in [-0.1, -0.05) is 170 Å². The predicted molar refractivity (Wildman–Crippen MR) is 265 cm³/mol. The third-order valence-corrected chi connectivity index (χ3v) is 12.8. The van der Waals surface area contributed by atoms with Crippen LogP contribution in [0.15, 0.2) is 224 Å². The molecule has 0 N–H and O–H groups in total. The molecule has 0 saturated heterocycles. The van der Waals surface area contributed by atoms with E-state index in [9.17, 15) is 0 Å². The first kappa shape index (κ1) is 36.0. The minimum atomic E-state index is 0.631. The lowest BCUT2D eigenvalue weighted by Crippen LogP contribution is -2.02. The molecule has 0 fully saturated rings. The number of nitrogens with zero attached hydrogens (tertiary/aromatic N) is 5. The maximum atomic E-state index is 5.21. The van der Waals surface area contributed by atoms with E-state index in [1.54, 1.807) is 0 Å². The van der Waals surface area contributed by atoms with Crippen LogP contribution in [0.2, 0.25) is 0 Å². The van der Waals surface area contributed by atoms with E-state index in [1.807, 2.05) is 24.3 Å². The van der Waals surface area contributed by atoms with E-state index in [2.05, 4.69) is 209 Å².